The molecule has 0 radical (unpaired) electrons. The van der Waals surface area contributed by atoms with E-state index in [1.165, 1.54) is 12.4 Å². The van der Waals surface area contributed by atoms with Gasteiger partial charge in [-0.2, -0.15) is 0 Å². The van der Waals surface area contributed by atoms with E-state index in [1.54, 1.807) is 18.3 Å². The zero-order valence-corrected chi connectivity index (χ0v) is 13.5. The lowest BCUT2D eigenvalue weighted by atomic mass is 10.2. The van der Waals surface area contributed by atoms with Crippen LogP contribution in [0, 0.1) is 0 Å². The summed E-state index contributed by atoms with van der Waals surface area (Å²) in [6.07, 6.45) is 4.73. The Morgan fingerprint density at radius 1 is 0.958 bits per heavy atom. The molecule has 3 aromatic rings. The van der Waals surface area contributed by atoms with Crippen LogP contribution in [-0.4, -0.2) is 35.0 Å². The van der Waals surface area contributed by atoms with Gasteiger partial charge in [-0.05, 0) is 12.1 Å². The molecule has 3 rings (SSSR count). The molecule has 6 nitrogen and oxygen atoms in total. The van der Waals surface area contributed by atoms with E-state index in [4.69, 9.17) is 0 Å². The van der Waals surface area contributed by atoms with E-state index in [2.05, 4.69) is 20.3 Å². The molecular weight excluding hydrogens is 302 g/mol. The van der Waals surface area contributed by atoms with E-state index >= 15 is 0 Å². The Kier molecular flexibility index (Phi) is 4.47. The van der Waals surface area contributed by atoms with Gasteiger partial charge < -0.3 is 10.2 Å². The molecule has 1 amide bonds. The van der Waals surface area contributed by atoms with Crippen LogP contribution >= 0.6 is 0 Å². The maximum absolute atomic E-state index is 12.4. The summed E-state index contributed by atoms with van der Waals surface area (Å²) in [7, 11) is 3.74. The average Bonchev–Trinajstić information content (AvgIpc) is 2.63. The van der Waals surface area contributed by atoms with Gasteiger partial charge in [0.2, 0.25) is 0 Å². The van der Waals surface area contributed by atoms with Crippen molar-refractivity contribution in [1.82, 2.24) is 15.0 Å². The third-order valence-electron chi connectivity index (χ3n) is 3.40. The number of carbonyl (C=O) groups excluding carboxylic acids is 1. The van der Waals surface area contributed by atoms with Gasteiger partial charge in [0.15, 0.2) is 11.6 Å². The zero-order valence-electron chi connectivity index (χ0n) is 13.5. The van der Waals surface area contributed by atoms with Gasteiger partial charge in [-0.25, -0.2) is 15.0 Å². The van der Waals surface area contributed by atoms with Crippen molar-refractivity contribution in [3.05, 3.63) is 66.6 Å². The van der Waals surface area contributed by atoms with E-state index in [0.717, 1.165) is 5.56 Å². The molecule has 0 fully saturated rings. The Morgan fingerprint density at radius 2 is 1.67 bits per heavy atom. The summed E-state index contributed by atoms with van der Waals surface area (Å²) in [5, 5.41) is 2.84. The average molecular weight is 319 g/mol. The molecule has 0 aliphatic heterocycles. The van der Waals surface area contributed by atoms with Crippen LogP contribution in [0.3, 0.4) is 0 Å². The molecule has 0 aliphatic rings. The Balaban J connectivity index is 1.79. The number of nitrogens with one attached hydrogen (secondary N) is 1. The number of aromatic nitrogens is 3. The number of benzene rings is 1. The van der Waals surface area contributed by atoms with Crippen molar-refractivity contribution in [2.45, 2.75) is 0 Å². The van der Waals surface area contributed by atoms with Crippen molar-refractivity contribution in [3.8, 4) is 11.4 Å². The predicted octanol–water partition coefficient (Wildman–Crippen LogP) is 2.86. The van der Waals surface area contributed by atoms with Crippen molar-refractivity contribution in [3.63, 3.8) is 0 Å². The highest BCUT2D eigenvalue weighted by Crippen LogP contribution is 2.21. The van der Waals surface area contributed by atoms with Gasteiger partial charge in [-0.15, -0.1) is 0 Å². The molecule has 0 aliphatic carbocycles. The Morgan fingerprint density at radius 3 is 2.33 bits per heavy atom. The van der Waals surface area contributed by atoms with Gasteiger partial charge in [-0.1, -0.05) is 30.3 Å². The minimum atomic E-state index is -0.272. The molecule has 1 N–H and O–H groups in total. The molecule has 24 heavy (non-hydrogen) atoms. The van der Waals surface area contributed by atoms with Gasteiger partial charge in [0, 0.05) is 38.2 Å². The van der Waals surface area contributed by atoms with Crippen LogP contribution in [0.15, 0.2) is 61.1 Å². The number of anilines is 2. The molecule has 2 aromatic heterocycles. The van der Waals surface area contributed by atoms with Crippen LogP contribution in [0.4, 0.5) is 11.5 Å². The van der Waals surface area contributed by atoms with E-state index < -0.39 is 0 Å². The lowest BCUT2D eigenvalue weighted by molar-refractivity contribution is 0.102. The first-order valence-electron chi connectivity index (χ1n) is 7.46. The molecular formula is C18H17N5O. The highest BCUT2D eigenvalue weighted by Gasteiger charge is 2.12. The maximum Gasteiger partial charge on any atom is 0.258 e. The maximum atomic E-state index is 12.4. The molecule has 0 unspecified atom stereocenters. The monoisotopic (exact) mass is 319 g/mol. The van der Waals surface area contributed by atoms with Crippen molar-refractivity contribution in [2.24, 2.45) is 0 Å². The quantitative estimate of drug-likeness (QED) is 0.800. The number of hydrogen-bond acceptors (Lipinski definition) is 5. The number of rotatable bonds is 4. The third kappa shape index (κ3) is 3.38. The molecule has 0 saturated heterocycles. The molecule has 0 atom stereocenters. The van der Waals surface area contributed by atoms with E-state index in [-0.39, 0.29) is 5.91 Å². The first kappa shape index (κ1) is 15.6. The summed E-state index contributed by atoms with van der Waals surface area (Å²) in [5.41, 5.74) is 1.94. The fourth-order valence-electron chi connectivity index (χ4n) is 2.23. The van der Waals surface area contributed by atoms with Gasteiger partial charge >= 0.3 is 0 Å². The normalized spacial score (nSPS) is 10.2. The molecule has 0 spiro atoms. The summed E-state index contributed by atoms with van der Waals surface area (Å²) in [6, 6.07) is 13.2. The summed E-state index contributed by atoms with van der Waals surface area (Å²) < 4.78 is 0. The molecule has 6 heteroatoms. The number of hydrogen-bond donors (Lipinski definition) is 1. The number of amides is 1. The van der Waals surface area contributed by atoms with Crippen LogP contribution in [0.5, 0.6) is 0 Å². The van der Waals surface area contributed by atoms with Gasteiger partial charge in [0.25, 0.3) is 5.91 Å². The lowest BCUT2D eigenvalue weighted by Crippen LogP contribution is -2.18. The zero-order chi connectivity index (χ0) is 16.9. The summed E-state index contributed by atoms with van der Waals surface area (Å²) in [4.78, 5) is 27.0. The highest BCUT2D eigenvalue weighted by atomic mass is 16.1. The predicted molar refractivity (Wildman–Crippen MR) is 94.0 cm³/mol. The largest absolute Gasteiger partial charge is 0.361 e. The Labute approximate surface area is 140 Å². The van der Waals surface area contributed by atoms with Crippen molar-refractivity contribution in [2.75, 3.05) is 24.3 Å². The summed E-state index contributed by atoms with van der Waals surface area (Å²) >= 11 is 0. The molecule has 120 valence electrons. The molecule has 2 heterocycles. The second-order valence-corrected chi connectivity index (χ2v) is 5.38. The van der Waals surface area contributed by atoms with Crippen molar-refractivity contribution < 1.29 is 4.79 Å². The standard InChI is InChI=1S/C18H17N5O/c1-23(2)17-15(9-6-10-19-17)22-18(24)14-11-20-16(21-12-14)13-7-4-3-5-8-13/h3-12H,1-2H3,(H,22,24). The van der Waals surface area contributed by atoms with Gasteiger partial charge in [0.05, 0.1) is 11.3 Å². The van der Waals surface area contributed by atoms with Crippen LogP contribution in [0.25, 0.3) is 11.4 Å². The van der Waals surface area contributed by atoms with Gasteiger partial charge in [-0.3, -0.25) is 4.79 Å². The van der Waals surface area contributed by atoms with Crippen molar-refractivity contribution >= 4 is 17.4 Å². The minimum Gasteiger partial charge on any atom is -0.361 e. The second-order valence-electron chi connectivity index (χ2n) is 5.38. The molecule has 0 bridgehead atoms. The molecule has 1 aromatic carbocycles. The fraction of sp³-hybridized carbons (Fsp3) is 0.111. The number of nitrogens with zero attached hydrogens (tertiary/aromatic N) is 4. The van der Waals surface area contributed by atoms with E-state index in [9.17, 15) is 4.79 Å². The van der Waals surface area contributed by atoms with Crippen molar-refractivity contribution in [1.29, 1.82) is 0 Å². The van der Waals surface area contributed by atoms with E-state index in [0.29, 0.717) is 22.9 Å². The number of pyridine rings is 1. The van der Waals surface area contributed by atoms with Crippen LogP contribution in [0.1, 0.15) is 10.4 Å². The smallest absolute Gasteiger partial charge is 0.258 e. The fourth-order valence-corrected chi connectivity index (χ4v) is 2.23. The summed E-state index contributed by atoms with van der Waals surface area (Å²) in [5.74, 6) is 1.00. The van der Waals surface area contributed by atoms with Crippen LogP contribution in [-0.2, 0) is 0 Å². The number of carbonyl (C=O) groups is 1. The van der Waals surface area contributed by atoms with Gasteiger partial charge in [0.1, 0.15) is 0 Å². The second kappa shape index (κ2) is 6.87. The van der Waals surface area contributed by atoms with E-state index in [1.807, 2.05) is 49.3 Å². The first-order valence-corrected chi connectivity index (χ1v) is 7.46. The third-order valence-corrected chi connectivity index (χ3v) is 3.40. The first-order chi connectivity index (χ1) is 11.6. The van der Waals surface area contributed by atoms with Crippen LogP contribution in [0.2, 0.25) is 0 Å². The Bertz CT molecular complexity index is 832. The highest BCUT2D eigenvalue weighted by molar-refractivity contribution is 6.05. The molecule has 0 saturated carbocycles. The summed E-state index contributed by atoms with van der Waals surface area (Å²) in [6.45, 7) is 0. The Hall–Kier alpha value is -3.28. The van der Waals surface area contributed by atoms with Crippen LogP contribution < -0.4 is 10.2 Å². The minimum absolute atomic E-state index is 0.272. The topological polar surface area (TPSA) is 71.0 Å². The lowest BCUT2D eigenvalue weighted by Gasteiger charge is -2.16. The SMILES string of the molecule is CN(C)c1ncccc1NC(=O)c1cnc(-c2ccccc2)nc1.